The van der Waals surface area contributed by atoms with E-state index in [4.69, 9.17) is 9.84 Å². The fourth-order valence-electron chi connectivity index (χ4n) is 1.52. The second kappa shape index (κ2) is 6.20. The third-order valence-electron chi connectivity index (χ3n) is 2.49. The fraction of sp³-hybridized carbons (Fsp3) is 0.133. The van der Waals surface area contributed by atoms with Gasteiger partial charge in [-0.2, -0.15) is 0 Å². The lowest BCUT2D eigenvalue weighted by Crippen LogP contribution is -1.92. The predicted molar refractivity (Wildman–Crippen MR) is 76.5 cm³/mol. The number of ether oxygens (including phenoxy) is 1. The largest absolute Gasteiger partial charge is 0.488 e. The third kappa shape index (κ3) is 4.26. The lowest BCUT2D eigenvalue weighted by atomic mass is 10.2. The summed E-state index contributed by atoms with van der Waals surface area (Å²) in [6, 6.07) is 9.82. The van der Waals surface area contributed by atoms with Crippen LogP contribution in [-0.4, -0.2) is 11.1 Å². The minimum absolute atomic E-state index is 0.495. The zero-order valence-electron chi connectivity index (χ0n) is 10.5. The molecule has 3 nitrogen and oxygen atoms in total. The number of aliphatic carboxylic acids is 1. The molecule has 0 bridgehead atoms. The SMILES string of the molecule is Cc1ccc(OCc2cc(C=CC(=O)O)cs2)cc1. The molecule has 0 atom stereocenters. The van der Waals surface area contributed by atoms with Crippen LogP contribution in [0.25, 0.3) is 6.08 Å². The number of hydrogen-bond donors (Lipinski definition) is 1. The summed E-state index contributed by atoms with van der Waals surface area (Å²) in [5.41, 5.74) is 2.08. The molecule has 2 aromatic rings. The van der Waals surface area contributed by atoms with Crippen molar-refractivity contribution >= 4 is 23.4 Å². The molecule has 1 N–H and O–H groups in total. The van der Waals surface area contributed by atoms with Crippen molar-refractivity contribution in [3.63, 3.8) is 0 Å². The van der Waals surface area contributed by atoms with Gasteiger partial charge in [-0.15, -0.1) is 11.3 Å². The first-order valence-electron chi connectivity index (χ1n) is 5.81. The minimum atomic E-state index is -0.941. The Morgan fingerprint density at radius 3 is 2.79 bits per heavy atom. The van der Waals surface area contributed by atoms with Gasteiger partial charge in [0.15, 0.2) is 0 Å². The zero-order chi connectivity index (χ0) is 13.7. The molecule has 0 amide bonds. The highest BCUT2D eigenvalue weighted by molar-refractivity contribution is 7.10. The van der Waals surface area contributed by atoms with Crippen LogP contribution in [0.3, 0.4) is 0 Å². The van der Waals surface area contributed by atoms with E-state index in [9.17, 15) is 4.79 Å². The maximum absolute atomic E-state index is 10.4. The molecule has 2 rings (SSSR count). The van der Waals surface area contributed by atoms with Crippen molar-refractivity contribution < 1.29 is 14.6 Å². The summed E-state index contributed by atoms with van der Waals surface area (Å²) in [5.74, 6) is -0.106. The number of rotatable bonds is 5. The smallest absolute Gasteiger partial charge is 0.328 e. The number of aryl methyl sites for hydroxylation is 1. The van der Waals surface area contributed by atoms with Crippen LogP contribution in [0.2, 0.25) is 0 Å². The Morgan fingerprint density at radius 1 is 1.37 bits per heavy atom. The first-order valence-corrected chi connectivity index (χ1v) is 6.69. The quantitative estimate of drug-likeness (QED) is 0.845. The maximum atomic E-state index is 10.4. The lowest BCUT2D eigenvalue weighted by Gasteiger charge is -2.04. The first-order chi connectivity index (χ1) is 9.13. The number of carbonyl (C=O) groups is 1. The van der Waals surface area contributed by atoms with Crippen LogP contribution < -0.4 is 4.74 Å². The molecule has 98 valence electrons. The van der Waals surface area contributed by atoms with Gasteiger partial charge in [-0.25, -0.2) is 4.79 Å². The van der Waals surface area contributed by atoms with Gasteiger partial charge in [0, 0.05) is 11.0 Å². The standard InChI is InChI=1S/C15H14O3S/c1-11-2-5-13(6-3-11)18-9-14-8-12(10-19-14)4-7-15(16)17/h2-8,10H,9H2,1H3,(H,16,17). The van der Waals surface area contributed by atoms with Gasteiger partial charge in [-0.05, 0) is 42.1 Å². The Kier molecular flexibility index (Phi) is 4.36. The molecule has 4 heteroatoms. The Hall–Kier alpha value is -2.07. The van der Waals surface area contributed by atoms with Crippen LogP contribution in [0.5, 0.6) is 5.75 Å². The van der Waals surface area contributed by atoms with Crippen LogP contribution in [0.1, 0.15) is 16.0 Å². The van der Waals surface area contributed by atoms with Crippen LogP contribution in [0.4, 0.5) is 0 Å². The molecule has 0 saturated carbocycles. The summed E-state index contributed by atoms with van der Waals surface area (Å²) in [6.45, 7) is 2.53. The summed E-state index contributed by atoms with van der Waals surface area (Å²) >= 11 is 1.55. The molecule has 1 aromatic heterocycles. The van der Waals surface area contributed by atoms with Gasteiger partial charge >= 0.3 is 5.97 Å². The summed E-state index contributed by atoms with van der Waals surface area (Å²) in [7, 11) is 0. The molecule has 19 heavy (non-hydrogen) atoms. The average molecular weight is 274 g/mol. The molecule has 0 aliphatic carbocycles. The van der Waals surface area contributed by atoms with Gasteiger partial charge in [0.25, 0.3) is 0 Å². The van der Waals surface area contributed by atoms with Crippen LogP contribution in [0, 0.1) is 6.92 Å². The summed E-state index contributed by atoms with van der Waals surface area (Å²) in [4.78, 5) is 11.5. The highest BCUT2D eigenvalue weighted by atomic mass is 32.1. The zero-order valence-corrected chi connectivity index (χ0v) is 11.3. The van der Waals surface area contributed by atoms with Crippen molar-refractivity contribution in [1.29, 1.82) is 0 Å². The summed E-state index contributed by atoms with van der Waals surface area (Å²) < 4.78 is 5.66. The highest BCUT2D eigenvalue weighted by Gasteiger charge is 2.00. The molecule has 0 saturated heterocycles. The third-order valence-corrected chi connectivity index (χ3v) is 3.42. The molecule has 0 fully saturated rings. The van der Waals surface area contributed by atoms with Gasteiger partial charge in [-0.1, -0.05) is 17.7 Å². The van der Waals surface area contributed by atoms with Gasteiger partial charge < -0.3 is 9.84 Å². The minimum Gasteiger partial charge on any atom is -0.488 e. The number of carboxylic acids is 1. The van der Waals surface area contributed by atoms with E-state index in [2.05, 4.69) is 0 Å². The monoisotopic (exact) mass is 274 g/mol. The van der Waals surface area contributed by atoms with Crippen LogP contribution in [-0.2, 0) is 11.4 Å². The Bertz CT molecular complexity index is 582. The van der Waals surface area contributed by atoms with Gasteiger partial charge in [0.05, 0.1) is 0 Å². The number of thiophene rings is 1. The molecule has 0 aliphatic rings. The second-order valence-corrected chi connectivity index (χ2v) is 5.12. The van der Waals surface area contributed by atoms with Crippen LogP contribution >= 0.6 is 11.3 Å². The van der Waals surface area contributed by atoms with Crippen molar-refractivity contribution in [3.8, 4) is 5.75 Å². The molecular weight excluding hydrogens is 260 g/mol. The molecule has 0 spiro atoms. The van der Waals surface area contributed by atoms with E-state index in [0.717, 1.165) is 22.3 Å². The lowest BCUT2D eigenvalue weighted by molar-refractivity contribution is -0.131. The number of carboxylic acid groups (broad SMARTS) is 1. The number of benzene rings is 1. The molecule has 0 radical (unpaired) electrons. The van der Waals surface area contributed by atoms with Gasteiger partial charge in [-0.3, -0.25) is 0 Å². The summed E-state index contributed by atoms with van der Waals surface area (Å²) in [5, 5.41) is 10.5. The van der Waals surface area contributed by atoms with Crippen LogP contribution in [0.15, 0.2) is 41.8 Å². The van der Waals surface area contributed by atoms with Crippen molar-refractivity contribution in [2.45, 2.75) is 13.5 Å². The van der Waals surface area contributed by atoms with E-state index in [1.807, 2.05) is 42.6 Å². The Labute approximate surface area is 115 Å². The van der Waals surface area contributed by atoms with E-state index in [-0.39, 0.29) is 0 Å². The number of hydrogen-bond acceptors (Lipinski definition) is 3. The summed E-state index contributed by atoms with van der Waals surface area (Å²) in [6.07, 6.45) is 2.71. The second-order valence-electron chi connectivity index (χ2n) is 4.12. The molecule has 0 unspecified atom stereocenters. The highest BCUT2D eigenvalue weighted by Crippen LogP contribution is 2.19. The van der Waals surface area contributed by atoms with Gasteiger partial charge in [0.2, 0.25) is 0 Å². The first kappa shape index (κ1) is 13.4. The van der Waals surface area contributed by atoms with Crippen molar-refractivity contribution in [3.05, 3.63) is 57.8 Å². The van der Waals surface area contributed by atoms with E-state index in [1.54, 1.807) is 17.4 Å². The molecule has 1 aromatic carbocycles. The van der Waals surface area contributed by atoms with E-state index in [1.165, 1.54) is 5.56 Å². The normalized spacial score (nSPS) is 10.8. The predicted octanol–water partition coefficient (Wildman–Crippen LogP) is 3.73. The van der Waals surface area contributed by atoms with Crippen molar-refractivity contribution in [2.24, 2.45) is 0 Å². The topological polar surface area (TPSA) is 46.5 Å². The van der Waals surface area contributed by atoms with Crippen molar-refractivity contribution in [1.82, 2.24) is 0 Å². The average Bonchev–Trinajstić information content (AvgIpc) is 2.84. The maximum Gasteiger partial charge on any atom is 0.328 e. The van der Waals surface area contributed by atoms with E-state index >= 15 is 0 Å². The molecule has 1 heterocycles. The Morgan fingerprint density at radius 2 is 2.11 bits per heavy atom. The van der Waals surface area contributed by atoms with E-state index in [0.29, 0.717) is 6.61 Å². The van der Waals surface area contributed by atoms with Crippen molar-refractivity contribution in [2.75, 3.05) is 0 Å². The van der Waals surface area contributed by atoms with E-state index < -0.39 is 5.97 Å². The Balaban J connectivity index is 1.93. The van der Waals surface area contributed by atoms with Gasteiger partial charge in [0.1, 0.15) is 12.4 Å². The fourth-order valence-corrected chi connectivity index (χ4v) is 2.28. The molecule has 0 aliphatic heterocycles. The molecular formula is C15H14O3S.